The van der Waals surface area contributed by atoms with Crippen molar-refractivity contribution in [3.8, 4) is 0 Å². The highest BCUT2D eigenvalue weighted by Crippen LogP contribution is 2.32. The first-order valence-corrected chi connectivity index (χ1v) is 7.49. The third kappa shape index (κ3) is 4.29. The molecule has 9 heteroatoms. The number of carbonyl (C=O) groups excluding carboxylic acids is 1. The van der Waals surface area contributed by atoms with Crippen molar-refractivity contribution in [2.75, 3.05) is 7.11 Å². The van der Waals surface area contributed by atoms with Crippen LogP contribution in [0.4, 0.5) is 11.4 Å². The third-order valence-corrected chi connectivity index (χ3v) is 4.09. The largest absolute Gasteiger partial charge is 0.469 e. The molecule has 2 aromatic carbocycles. The van der Waals surface area contributed by atoms with Gasteiger partial charge in [0.1, 0.15) is 0 Å². The van der Waals surface area contributed by atoms with Crippen molar-refractivity contribution in [1.29, 1.82) is 0 Å². The van der Waals surface area contributed by atoms with E-state index in [2.05, 4.69) is 4.74 Å². The van der Waals surface area contributed by atoms with Crippen LogP contribution < -0.4 is 0 Å². The summed E-state index contributed by atoms with van der Waals surface area (Å²) in [6.07, 6.45) is -0.207. The summed E-state index contributed by atoms with van der Waals surface area (Å²) in [5.41, 5.74) is 0.0710. The van der Waals surface area contributed by atoms with Gasteiger partial charge in [-0.2, -0.15) is 0 Å². The highest BCUT2D eigenvalue weighted by atomic mass is 32.2. The van der Waals surface area contributed by atoms with Gasteiger partial charge in [0, 0.05) is 33.6 Å². The number of methoxy groups -OCH3 is 1. The summed E-state index contributed by atoms with van der Waals surface area (Å²) in [5, 5.41) is 21.7. The monoisotopic (exact) mass is 348 g/mol. The van der Waals surface area contributed by atoms with Gasteiger partial charge in [-0.15, -0.1) is 0 Å². The lowest BCUT2D eigenvalue weighted by atomic mass is 10.1. The molecule has 0 aromatic heterocycles. The van der Waals surface area contributed by atoms with Crippen LogP contribution in [0.15, 0.2) is 52.3 Å². The molecule has 0 aliphatic rings. The summed E-state index contributed by atoms with van der Waals surface area (Å²) >= 11 is 1.28. The molecule has 0 radical (unpaired) electrons. The minimum Gasteiger partial charge on any atom is -0.469 e. The summed E-state index contributed by atoms with van der Waals surface area (Å²) < 4.78 is 4.55. The van der Waals surface area contributed by atoms with Gasteiger partial charge in [0.25, 0.3) is 11.4 Å². The smallest absolute Gasteiger partial charge is 0.310 e. The van der Waals surface area contributed by atoms with Gasteiger partial charge >= 0.3 is 5.97 Å². The van der Waals surface area contributed by atoms with Crippen LogP contribution in [0.2, 0.25) is 0 Å². The van der Waals surface area contributed by atoms with Gasteiger partial charge in [-0.3, -0.25) is 25.0 Å². The summed E-state index contributed by atoms with van der Waals surface area (Å²) in [4.78, 5) is 33.5. The summed E-state index contributed by atoms with van der Waals surface area (Å²) in [5.74, 6) is -0.574. The van der Waals surface area contributed by atoms with Gasteiger partial charge < -0.3 is 4.74 Å². The molecule has 0 amide bonds. The lowest BCUT2D eigenvalue weighted by Gasteiger charge is -2.06. The van der Waals surface area contributed by atoms with Crippen LogP contribution in [0.3, 0.4) is 0 Å². The maximum atomic E-state index is 11.4. The van der Waals surface area contributed by atoms with E-state index < -0.39 is 15.8 Å². The fourth-order valence-electron chi connectivity index (χ4n) is 1.94. The second-order valence-corrected chi connectivity index (χ2v) is 5.80. The van der Waals surface area contributed by atoms with E-state index >= 15 is 0 Å². The van der Waals surface area contributed by atoms with Crippen molar-refractivity contribution in [1.82, 2.24) is 0 Å². The van der Waals surface area contributed by atoms with Crippen molar-refractivity contribution in [3.63, 3.8) is 0 Å². The van der Waals surface area contributed by atoms with Crippen LogP contribution in [0, 0.1) is 20.2 Å². The highest BCUT2D eigenvalue weighted by Gasteiger charge is 2.18. The zero-order valence-electron chi connectivity index (χ0n) is 12.5. The number of rotatable bonds is 6. The molecular weight excluding hydrogens is 336 g/mol. The molecule has 0 bridgehead atoms. The number of ether oxygens (including phenoxy) is 1. The second kappa shape index (κ2) is 7.55. The van der Waals surface area contributed by atoms with E-state index in [4.69, 9.17) is 0 Å². The Morgan fingerprint density at radius 1 is 1.04 bits per heavy atom. The van der Waals surface area contributed by atoms with Gasteiger partial charge in [-0.1, -0.05) is 11.8 Å². The van der Waals surface area contributed by atoms with E-state index in [0.717, 1.165) is 4.90 Å². The Bertz CT molecular complexity index is 791. The number of benzene rings is 2. The first-order chi connectivity index (χ1) is 11.4. The van der Waals surface area contributed by atoms with Crippen LogP contribution in [0.5, 0.6) is 0 Å². The SMILES string of the molecule is COC(=O)Cc1cc(Sc2ccc([N+](=O)[O-])cc2)ccc1[N+](=O)[O-]. The van der Waals surface area contributed by atoms with E-state index in [-0.39, 0.29) is 23.4 Å². The molecule has 8 nitrogen and oxygen atoms in total. The Kier molecular flexibility index (Phi) is 5.48. The molecule has 0 saturated heterocycles. The van der Waals surface area contributed by atoms with E-state index in [1.165, 1.54) is 37.1 Å². The lowest BCUT2D eigenvalue weighted by Crippen LogP contribution is -2.07. The molecule has 0 spiro atoms. The Morgan fingerprint density at radius 2 is 1.67 bits per heavy atom. The minimum absolute atomic E-state index is 0.0190. The number of non-ortho nitro benzene ring substituents is 1. The van der Waals surface area contributed by atoms with E-state index in [1.807, 2.05) is 0 Å². The van der Waals surface area contributed by atoms with Gasteiger partial charge in [0.05, 0.1) is 23.4 Å². The molecule has 0 N–H and O–H groups in total. The summed E-state index contributed by atoms with van der Waals surface area (Å²) in [6.45, 7) is 0. The summed E-state index contributed by atoms with van der Waals surface area (Å²) in [6, 6.07) is 10.4. The second-order valence-electron chi connectivity index (χ2n) is 4.65. The van der Waals surface area contributed by atoms with Gasteiger partial charge in [-0.25, -0.2) is 0 Å². The highest BCUT2D eigenvalue weighted by molar-refractivity contribution is 7.99. The minimum atomic E-state index is -0.574. The van der Waals surface area contributed by atoms with Crippen molar-refractivity contribution in [2.24, 2.45) is 0 Å². The maximum absolute atomic E-state index is 11.4. The molecule has 0 aliphatic heterocycles. The standard InChI is InChI=1S/C15H12N2O6S/c1-23-15(18)9-10-8-13(6-7-14(10)17(21)22)24-12-4-2-11(3-5-12)16(19)20/h2-8H,9H2,1H3. The molecule has 0 atom stereocenters. The number of nitro benzene ring substituents is 2. The Balaban J connectivity index is 2.27. The number of carbonyl (C=O) groups is 1. The Hall–Kier alpha value is -2.94. The first kappa shape index (κ1) is 17.4. The molecule has 0 fully saturated rings. The number of hydrogen-bond acceptors (Lipinski definition) is 7. The van der Waals surface area contributed by atoms with Gasteiger partial charge in [0.15, 0.2) is 0 Å². The normalized spacial score (nSPS) is 10.2. The predicted molar refractivity (Wildman–Crippen MR) is 86.0 cm³/mol. The fraction of sp³-hybridized carbons (Fsp3) is 0.133. The van der Waals surface area contributed by atoms with Crippen molar-refractivity contribution in [3.05, 3.63) is 68.3 Å². The third-order valence-electron chi connectivity index (χ3n) is 3.09. The molecular formula is C15H12N2O6S. The quantitative estimate of drug-likeness (QED) is 0.447. The van der Waals surface area contributed by atoms with Crippen LogP contribution in [-0.4, -0.2) is 22.9 Å². The molecule has 0 saturated carbocycles. The molecule has 2 aromatic rings. The molecule has 0 heterocycles. The number of hydrogen-bond donors (Lipinski definition) is 0. The molecule has 24 heavy (non-hydrogen) atoms. The topological polar surface area (TPSA) is 113 Å². The zero-order valence-corrected chi connectivity index (χ0v) is 13.3. The summed E-state index contributed by atoms with van der Waals surface area (Å²) in [7, 11) is 1.21. The Labute approximate surface area is 140 Å². The molecule has 124 valence electrons. The molecule has 2 rings (SSSR count). The predicted octanol–water partition coefficient (Wildman–Crippen LogP) is 3.37. The zero-order chi connectivity index (χ0) is 17.7. The van der Waals surface area contributed by atoms with Gasteiger partial charge in [-0.05, 0) is 24.3 Å². The number of nitrogens with zero attached hydrogens (tertiary/aromatic N) is 2. The van der Waals surface area contributed by atoms with Crippen molar-refractivity contribution < 1.29 is 19.4 Å². The maximum Gasteiger partial charge on any atom is 0.310 e. The van der Waals surface area contributed by atoms with Crippen molar-refractivity contribution >= 4 is 29.1 Å². The number of esters is 1. The molecule has 0 aliphatic carbocycles. The average Bonchev–Trinajstić information content (AvgIpc) is 2.55. The Morgan fingerprint density at radius 3 is 2.21 bits per heavy atom. The fourth-order valence-corrected chi connectivity index (χ4v) is 2.83. The van der Waals surface area contributed by atoms with Crippen molar-refractivity contribution in [2.45, 2.75) is 16.2 Å². The van der Waals surface area contributed by atoms with Gasteiger partial charge in [0.2, 0.25) is 0 Å². The van der Waals surface area contributed by atoms with E-state index in [1.54, 1.807) is 24.3 Å². The first-order valence-electron chi connectivity index (χ1n) is 6.67. The van der Waals surface area contributed by atoms with Crippen LogP contribution >= 0.6 is 11.8 Å². The average molecular weight is 348 g/mol. The van der Waals surface area contributed by atoms with Crippen LogP contribution in [0.1, 0.15) is 5.56 Å². The van der Waals surface area contributed by atoms with E-state index in [9.17, 15) is 25.0 Å². The number of nitro groups is 2. The van der Waals surface area contributed by atoms with E-state index in [0.29, 0.717) is 4.90 Å². The van der Waals surface area contributed by atoms with Crippen LogP contribution in [-0.2, 0) is 16.0 Å². The van der Waals surface area contributed by atoms with Crippen LogP contribution in [0.25, 0.3) is 0 Å². The lowest BCUT2D eigenvalue weighted by molar-refractivity contribution is -0.385. The molecule has 0 unspecified atom stereocenters.